The minimum Gasteiger partial charge on any atom is -0.379 e. The Balaban J connectivity index is 2.05. The summed E-state index contributed by atoms with van der Waals surface area (Å²) in [5, 5.41) is 0. The zero-order chi connectivity index (χ0) is 11.9. The van der Waals surface area contributed by atoms with Crippen LogP contribution in [0.15, 0.2) is 0 Å². The molecular weight excluding hydrogens is 240 g/mol. The number of rotatable bonds is 10. The summed E-state index contributed by atoms with van der Waals surface area (Å²) in [5.74, 6) is 0. The highest BCUT2D eigenvalue weighted by Crippen LogP contribution is 2.29. The Morgan fingerprint density at radius 3 is 2.38 bits per heavy atom. The summed E-state index contributed by atoms with van der Waals surface area (Å²) in [6.07, 6.45) is 3.98. The van der Waals surface area contributed by atoms with E-state index in [-0.39, 0.29) is 0 Å². The van der Waals surface area contributed by atoms with E-state index in [1.807, 2.05) is 0 Å². The van der Waals surface area contributed by atoms with Crippen LogP contribution in [-0.2, 0) is 9.47 Å². The van der Waals surface area contributed by atoms with E-state index in [0.717, 1.165) is 26.2 Å². The van der Waals surface area contributed by atoms with Gasteiger partial charge in [0.15, 0.2) is 7.38 Å². The van der Waals surface area contributed by atoms with Crippen molar-refractivity contribution in [3.63, 3.8) is 0 Å². The zero-order valence-corrected chi connectivity index (χ0v) is 12.4. The van der Waals surface area contributed by atoms with Crippen molar-refractivity contribution in [2.24, 2.45) is 0 Å². The lowest BCUT2D eigenvalue weighted by molar-refractivity contribution is 0.117. The van der Waals surface area contributed by atoms with E-state index in [4.69, 9.17) is 20.6 Å². The minimum absolute atomic E-state index is 0.393. The van der Waals surface area contributed by atoms with Crippen molar-refractivity contribution in [2.45, 2.75) is 57.3 Å². The van der Waals surface area contributed by atoms with E-state index in [2.05, 4.69) is 13.8 Å². The van der Waals surface area contributed by atoms with Gasteiger partial charge in [0, 0.05) is 6.61 Å². The van der Waals surface area contributed by atoms with Crippen molar-refractivity contribution in [1.29, 1.82) is 0 Å². The van der Waals surface area contributed by atoms with Crippen LogP contribution in [0.4, 0.5) is 0 Å². The van der Waals surface area contributed by atoms with Gasteiger partial charge in [0.2, 0.25) is 0 Å². The molecule has 0 spiro atoms. The maximum atomic E-state index is 6.75. The number of hydrogen-bond donors (Lipinski definition) is 0. The van der Waals surface area contributed by atoms with Crippen molar-refractivity contribution in [3.05, 3.63) is 0 Å². The molecule has 1 aliphatic rings. The standard InChI is InChI=1S/C12H25ClO2Si/c1-3-7-16(13,8-4-2)9-5-6-14-10-12-11-15-12/h12H,3-11H2,1-2H3. The Bertz CT molecular complexity index is 180. The van der Waals surface area contributed by atoms with Gasteiger partial charge in [0.25, 0.3) is 0 Å². The summed E-state index contributed by atoms with van der Waals surface area (Å²) in [5.41, 5.74) is 0. The molecule has 0 aromatic heterocycles. The molecule has 1 aliphatic heterocycles. The average molecular weight is 265 g/mol. The van der Waals surface area contributed by atoms with Crippen molar-refractivity contribution in [3.8, 4) is 0 Å². The molecule has 2 nitrogen and oxygen atoms in total. The van der Waals surface area contributed by atoms with Crippen LogP contribution in [0.1, 0.15) is 33.1 Å². The lowest BCUT2D eigenvalue weighted by Crippen LogP contribution is -2.26. The molecule has 1 atom stereocenters. The third kappa shape index (κ3) is 6.23. The monoisotopic (exact) mass is 264 g/mol. The Labute approximate surface area is 105 Å². The third-order valence-corrected chi connectivity index (χ3v) is 8.76. The minimum atomic E-state index is -1.45. The van der Waals surface area contributed by atoms with Crippen molar-refractivity contribution >= 4 is 18.5 Å². The molecule has 0 radical (unpaired) electrons. The fourth-order valence-electron chi connectivity index (χ4n) is 2.14. The predicted octanol–water partition coefficient (Wildman–Crippen LogP) is 3.80. The van der Waals surface area contributed by atoms with Gasteiger partial charge in [0.1, 0.15) is 6.10 Å². The van der Waals surface area contributed by atoms with Crippen LogP contribution in [0.25, 0.3) is 0 Å². The average Bonchev–Trinajstić information content (AvgIpc) is 3.02. The predicted molar refractivity (Wildman–Crippen MR) is 71.8 cm³/mol. The molecular formula is C12H25ClO2Si. The first-order valence-corrected chi connectivity index (χ1v) is 10.2. The second kappa shape index (κ2) is 7.70. The summed E-state index contributed by atoms with van der Waals surface area (Å²) < 4.78 is 10.6. The SMILES string of the molecule is CCC[Si](Cl)(CCC)CCCOCC1CO1. The second-order valence-electron chi connectivity index (χ2n) is 4.78. The van der Waals surface area contributed by atoms with Crippen molar-refractivity contribution in [1.82, 2.24) is 0 Å². The van der Waals surface area contributed by atoms with E-state index in [0.29, 0.717) is 6.10 Å². The summed E-state index contributed by atoms with van der Waals surface area (Å²) in [4.78, 5) is 0. The molecule has 0 N–H and O–H groups in total. The fraction of sp³-hybridized carbons (Fsp3) is 1.00. The van der Waals surface area contributed by atoms with Crippen LogP contribution >= 0.6 is 11.1 Å². The lowest BCUT2D eigenvalue weighted by atomic mass is 10.5. The fourth-order valence-corrected chi connectivity index (χ4v) is 7.00. The molecule has 0 saturated carbocycles. The van der Waals surface area contributed by atoms with E-state index in [1.54, 1.807) is 0 Å². The van der Waals surface area contributed by atoms with Crippen LogP contribution in [0.5, 0.6) is 0 Å². The first-order chi connectivity index (χ1) is 7.70. The molecule has 0 aliphatic carbocycles. The topological polar surface area (TPSA) is 21.8 Å². The molecule has 1 rings (SSSR count). The summed E-state index contributed by atoms with van der Waals surface area (Å²) in [7, 11) is -1.45. The van der Waals surface area contributed by atoms with Gasteiger partial charge in [-0.25, -0.2) is 0 Å². The van der Waals surface area contributed by atoms with E-state index >= 15 is 0 Å². The van der Waals surface area contributed by atoms with Crippen LogP contribution in [0, 0.1) is 0 Å². The number of ether oxygens (including phenoxy) is 2. The number of hydrogen-bond acceptors (Lipinski definition) is 2. The molecule has 1 unspecified atom stereocenters. The molecule has 1 saturated heterocycles. The molecule has 0 amide bonds. The van der Waals surface area contributed by atoms with Crippen LogP contribution < -0.4 is 0 Å². The first-order valence-electron chi connectivity index (χ1n) is 6.58. The van der Waals surface area contributed by atoms with E-state index in [1.165, 1.54) is 31.0 Å². The molecule has 1 heterocycles. The van der Waals surface area contributed by atoms with Crippen LogP contribution in [0.3, 0.4) is 0 Å². The summed E-state index contributed by atoms with van der Waals surface area (Å²) >= 11 is 6.75. The molecule has 4 heteroatoms. The Morgan fingerprint density at radius 2 is 1.88 bits per heavy atom. The third-order valence-electron chi connectivity index (χ3n) is 3.02. The molecule has 1 fully saturated rings. The van der Waals surface area contributed by atoms with Gasteiger partial charge in [-0.15, -0.1) is 0 Å². The smallest absolute Gasteiger partial charge is 0.156 e. The Hall–Kier alpha value is 0.427. The highest BCUT2D eigenvalue weighted by atomic mass is 35.6. The van der Waals surface area contributed by atoms with Crippen LogP contribution in [0.2, 0.25) is 18.1 Å². The molecule has 0 bridgehead atoms. The summed E-state index contributed by atoms with van der Waals surface area (Å²) in [6, 6.07) is 3.73. The van der Waals surface area contributed by atoms with Gasteiger partial charge in [-0.3, -0.25) is 0 Å². The first kappa shape index (κ1) is 14.5. The number of halogens is 1. The molecule has 0 aromatic rings. The number of epoxide rings is 1. The maximum absolute atomic E-state index is 6.75. The quantitative estimate of drug-likeness (QED) is 0.259. The van der Waals surface area contributed by atoms with Crippen LogP contribution in [-0.4, -0.2) is 33.3 Å². The second-order valence-corrected chi connectivity index (χ2v) is 11.0. The van der Waals surface area contributed by atoms with Gasteiger partial charge in [-0.05, 0) is 24.6 Å². The summed E-state index contributed by atoms with van der Waals surface area (Å²) in [6.45, 7) is 6.99. The van der Waals surface area contributed by atoms with E-state index in [9.17, 15) is 0 Å². The molecule has 0 aromatic carbocycles. The Morgan fingerprint density at radius 1 is 1.25 bits per heavy atom. The zero-order valence-electron chi connectivity index (χ0n) is 10.6. The van der Waals surface area contributed by atoms with Crippen molar-refractivity contribution in [2.75, 3.05) is 19.8 Å². The van der Waals surface area contributed by atoms with Gasteiger partial charge in [-0.2, -0.15) is 11.1 Å². The van der Waals surface area contributed by atoms with Gasteiger partial charge >= 0.3 is 0 Å². The maximum Gasteiger partial charge on any atom is 0.156 e. The van der Waals surface area contributed by atoms with Crippen molar-refractivity contribution < 1.29 is 9.47 Å². The lowest BCUT2D eigenvalue weighted by Gasteiger charge is -2.23. The van der Waals surface area contributed by atoms with Gasteiger partial charge in [-0.1, -0.05) is 26.7 Å². The highest BCUT2D eigenvalue weighted by molar-refractivity contribution is 7.20. The largest absolute Gasteiger partial charge is 0.379 e. The molecule has 96 valence electrons. The Kier molecular flexibility index (Phi) is 6.97. The van der Waals surface area contributed by atoms with E-state index < -0.39 is 7.38 Å². The van der Waals surface area contributed by atoms with Gasteiger partial charge in [0.05, 0.1) is 13.2 Å². The molecule has 16 heavy (non-hydrogen) atoms. The highest BCUT2D eigenvalue weighted by Gasteiger charge is 2.28. The van der Waals surface area contributed by atoms with Gasteiger partial charge < -0.3 is 9.47 Å². The normalized spacial score (nSPS) is 20.1.